The van der Waals surface area contributed by atoms with E-state index in [9.17, 15) is 0 Å². The van der Waals surface area contributed by atoms with Crippen LogP contribution in [0.4, 0.5) is 0 Å². The summed E-state index contributed by atoms with van der Waals surface area (Å²) in [5.41, 5.74) is 0. The summed E-state index contributed by atoms with van der Waals surface area (Å²) in [6, 6.07) is 7.76. The summed E-state index contributed by atoms with van der Waals surface area (Å²) in [4.78, 5) is 11.2. The van der Waals surface area contributed by atoms with E-state index < -0.39 is 0 Å². The Bertz CT molecular complexity index is 642. The van der Waals surface area contributed by atoms with E-state index in [4.69, 9.17) is 19.2 Å². The van der Waals surface area contributed by atoms with Crippen molar-refractivity contribution in [1.29, 1.82) is 0 Å². The molecule has 0 bridgehead atoms. The highest BCUT2D eigenvalue weighted by atomic mass is 17.2. The third-order valence-corrected chi connectivity index (χ3v) is 7.73. The van der Waals surface area contributed by atoms with Crippen molar-refractivity contribution < 1.29 is 19.2 Å². The van der Waals surface area contributed by atoms with Gasteiger partial charge in [0.1, 0.15) is 5.75 Å². The summed E-state index contributed by atoms with van der Waals surface area (Å²) < 4.78 is 11.9. The molecule has 0 saturated heterocycles. The van der Waals surface area contributed by atoms with E-state index in [2.05, 4.69) is 13.5 Å². The Labute approximate surface area is 208 Å². The molecule has 0 radical (unpaired) electrons. The van der Waals surface area contributed by atoms with Crippen LogP contribution in [0.1, 0.15) is 96.8 Å². The first kappa shape index (κ1) is 27.1. The molecule has 0 spiro atoms. The second kappa shape index (κ2) is 16.2. The van der Waals surface area contributed by atoms with Crippen LogP contribution >= 0.6 is 0 Å². The van der Waals surface area contributed by atoms with Gasteiger partial charge in [0.25, 0.3) is 0 Å². The van der Waals surface area contributed by atoms with Crippen molar-refractivity contribution in [3.05, 3.63) is 36.9 Å². The van der Waals surface area contributed by atoms with Gasteiger partial charge in [0.2, 0.25) is 0 Å². The highest BCUT2D eigenvalue weighted by Gasteiger charge is 2.31. The Morgan fingerprint density at radius 3 is 2.15 bits per heavy atom. The van der Waals surface area contributed by atoms with Crippen LogP contribution in [0.25, 0.3) is 0 Å². The van der Waals surface area contributed by atoms with Crippen LogP contribution in [0.2, 0.25) is 0 Å². The fourth-order valence-corrected chi connectivity index (χ4v) is 5.49. The molecule has 192 valence electrons. The van der Waals surface area contributed by atoms with Crippen LogP contribution in [0.3, 0.4) is 0 Å². The van der Waals surface area contributed by atoms with Crippen molar-refractivity contribution >= 4 is 0 Å². The van der Waals surface area contributed by atoms with Crippen LogP contribution < -0.4 is 9.62 Å². The molecule has 2 aliphatic rings. The molecule has 2 fully saturated rings. The predicted molar refractivity (Wildman–Crippen MR) is 139 cm³/mol. The molecule has 34 heavy (non-hydrogen) atoms. The summed E-state index contributed by atoms with van der Waals surface area (Å²) in [5, 5.41) is 0. The molecule has 4 nitrogen and oxygen atoms in total. The summed E-state index contributed by atoms with van der Waals surface area (Å²) in [6.45, 7) is 8.38. The fourth-order valence-electron chi connectivity index (χ4n) is 5.49. The third kappa shape index (κ3) is 10.00. The molecule has 2 aliphatic carbocycles. The first-order valence-corrected chi connectivity index (χ1v) is 14.0. The molecule has 1 aromatic rings. The van der Waals surface area contributed by atoms with Gasteiger partial charge in [-0.1, -0.05) is 19.4 Å². The smallest absolute Gasteiger partial charge is 0.165 e. The predicted octanol–water partition coefficient (Wildman–Crippen LogP) is 8.30. The fraction of sp³-hybridized carbons (Fsp3) is 0.733. The van der Waals surface area contributed by atoms with Crippen molar-refractivity contribution in [1.82, 2.24) is 0 Å². The number of rotatable bonds is 16. The Morgan fingerprint density at radius 1 is 0.794 bits per heavy atom. The van der Waals surface area contributed by atoms with E-state index in [0.29, 0.717) is 18.6 Å². The summed E-state index contributed by atoms with van der Waals surface area (Å²) in [6.07, 6.45) is 19.9. The lowest BCUT2D eigenvalue weighted by molar-refractivity contribution is -0.218. The average molecular weight is 473 g/mol. The monoisotopic (exact) mass is 472 g/mol. The lowest BCUT2D eigenvalue weighted by Gasteiger charge is -2.37. The number of hydrogen-bond donors (Lipinski definition) is 0. The zero-order valence-corrected chi connectivity index (χ0v) is 21.6. The van der Waals surface area contributed by atoms with Gasteiger partial charge < -0.3 is 14.4 Å². The van der Waals surface area contributed by atoms with Gasteiger partial charge in [-0.25, -0.2) is 0 Å². The van der Waals surface area contributed by atoms with Crippen molar-refractivity contribution in [2.45, 2.75) is 103 Å². The maximum Gasteiger partial charge on any atom is 0.165 e. The van der Waals surface area contributed by atoms with E-state index in [1.807, 2.05) is 30.3 Å². The molecule has 0 unspecified atom stereocenters. The maximum atomic E-state index is 6.06. The van der Waals surface area contributed by atoms with Gasteiger partial charge in [0, 0.05) is 6.61 Å². The molecule has 3 rings (SSSR count). The molecule has 0 heterocycles. The summed E-state index contributed by atoms with van der Waals surface area (Å²) in [7, 11) is 0. The van der Waals surface area contributed by atoms with Crippen molar-refractivity contribution in [3.8, 4) is 11.5 Å². The zero-order chi connectivity index (χ0) is 23.8. The molecule has 0 aliphatic heterocycles. The van der Waals surface area contributed by atoms with Gasteiger partial charge in [0.05, 0.1) is 19.3 Å². The van der Waals surface area contributed by atoms with E-state index in [0.717, 1.165) is 49.4 Å². The quantitative estimate of drug-likeness (QED) is 0.105. The molecular formula is C30H48O4. The minimum absolute atomic E-state index is 0.526. The highest BCUT2D eigenvalue weighted by molar-refractivity contribution is 5.30. The number of hydrogen-bond acceptors (Lipinski definition) is 4. The van der Waals surface area contributed by atoms with Crippen molar-refractivity contribution in [3.63, 3.8) is 0 Å². The zero-order valence-electron chi connectivity index (χ0n) is 21.6. The number of allylic oxidation sites excluding steroid dienone is 1. The molecule has 0 N–H and O–H groups in total. The minimum Gasteiger partial charge on any atom is -0.494 e. The number of unbranched alkanes of at least 4 members (excludes halogenated alkanes) is 4. The Hall–Kier alpha value is -1.52. The normalized spacial score (nSPS) is 25.1. The van der Waals surface area contributed by atoms with Gasteiger partial charge in [-0.05, 0) is 125 Å². The average Bonchev–Trinajstić information content (AvgIpc) is 2.88. The number of benzene rings is 1. The van der Waals surface area contributed by atoms with E-state index in [-0.39, 0.29) is 0 Å². The highest BCUT2D eigenvalue weighted by Crippen LogP contribution is 2.40. The molecule has 0 atom stereocenters. The molecule has 1 aromatic carbocycles. The molecular weight excluding hydrogens is 424 g/mol. The van der Waals surface area contributed by atoms with E-state index in [1.165, 1.54) is 77.0 Å². The van der Waals surface area contributed by atoms with E-state index >= 15 is 0 Å². The maximum absolute atomic E-state index is 6.06. The largest absolute Gasteiger partial charge is 0.494 e. The Balaban J connectivity index is 1.23. The SMILES string of the molecule is C=CCCCCCOc1ccc(OOCC2CCC(C3CCC(OCCCC)CC3)CC2)cc1. The van der Waals surface area contributed by atoms with Gasteiger partial charge >= 0.3 is 0 Å². The first-order chi connectivity index (χ1) is 16.8. The van der Waals surface area contributed by atoms with Crippen LogP contribution in [0, 0.1) is 17.8 Å². The van der Waals surface area contributed by atoms with Crippen LogP contribution in [0.5, 0.6) is 11.5 Å². The van der Waals surface area contributed by atoms with Crippen molar-refractivity contribution in [2.24, 2.45) is 17.8 Å². The van der Waals surface area contributed by atoms with E-state index in [1.54, 1.807) is 0 Å². The van der Waals surface area contributed by atoms with Gasteiger partial charge in [-0.3, -0.25) is 0 Å². The van der Waals surface area contributed by atoms with Crippen molar-refractivity contribution in [2.75, 3.05) is 19.8 Å². The topological polar surface area (TPSA) is 36.9 Å². The Kier molecular flexibility index (Phi) is 12.9. The lowest BCUT2D eigenvalue weighted by atomic mass is 9.71. The van der Waals surface area contributed by atoms with Gasteiger partial charge in [-0.15, -0.1) is 6.58 Å². The molecule has 2 saturated carbocycles. The molecule has 4 heteroatoms. The second-order valence-corrected chi connectivity index (χ2v) is 10.4. The summed E-state index contributed by atoms with van der Waals surface area (Å²) in [5.74, 6) is 4.06. The van der Waals surface area contributed by atoms with Gasteiger partial charge in [-0.2, -0.15) is 4.89 Å². The standard InChI is InChI=1S/C30H48O4/c1-3-5-7-8-9-23-32-29-18-20-30(21-19-29)34-33-24-25-10-12-26(13-11-25)27-14-16-28(17-15-27)31-22-6-4-2/h3,18-21,25-28H,1,4-17,22-24H2,2H3. The second-order valence-electron chi connectivity index (χ2n) is 10.4. The number of ether oxygens (including phenoxy) is 2. The summed E-state index contributed by atoms with van der Waals surface area (Å²) >= 11 is 0. The minimum atomic E-state index is 0.526. The van der Waals surface area contributed by atoms with Crippen LogP contribution in [-0.2, 0) is 9.62 Å². The first-order valence-electron chi connectivity index (χ1n) is 14.0. The molecule has 0 aromatic heterocycles. The van der Waals surface area contributed by atoms with Crippen LogP contribution in [-0.4, -0.2) is 25.9 Å². The third-order valence-electron chi connectivity index (χ3n) is 7.73. The van der Waals surface area contributed by atoms with Gasteiger partial charge in [0.15, 0.2) is 5.75 Å². The Morgan fingerprint density at radius 2 is 1.47 bits per heavy atom. The lowest BCUT2D eigenvalue weighted by Crippen LogP contribution is -2.29. The molecule has 0 amide bonds. The van der Waals surface area contributed by atoms with Crippen LogP contribution in [0.15, 0.2) is 36.9 Å².